The van der Waals surface area contributed by atoms with Crippen molar-refractivity contribution < 1.29 is 9.53 Å². The molecule has 0 atom stereocenters. The highest BCUT2D eigenvalue weighted by Gasteiger charge is 2.27. The molecule has 0 unspecified atom stereocenters. The maximum Gasteiger partial charge on any atom is 0.191 e. The molecule has 2 rings (SSSR count). The van der Waals surface area contributed by atoms with Crippen molar-refractivity contribution in [3.05, 3.63) is 47.9 Å². The number of hydrogen-bond acceptors (Lipinski definition) is 3. The first-order valence-corrected chi connectivity index (χ1v) is 5.29. The van der Waals surface area contributed by atoms with Crippen LogP contribution in [-0.2, 0) is 4.74 Å². The van der Waals surface area contributed by atoms with E-state index < -0.39 is 0 Å². The molecule has 0 radical (unpaired) electrons. The van der Waals surface area contributed by atoms with Gasteiger partial charge in [-0.1, -0.05) is 30.3 Å². The molecule has 0 aromatic heterocycles. The van der Waals surface area contributed by atoms with Gasteiger partial charge in [-0.2, -0.15) is 0 Å². The normalized spacial score (nSPS) is 20.2. The lowest BCUT2D eigenvalue weighted by Gasteiger charge is -2.13. The molecular weight excluding hydrogens is 202 g/mol. The van der Waals surface area contributed by atoms with Gasteiger partial charge in [0.15, 0.2) is 11.7 Å². The van der Waals surface area contributed by atoms with E-state index >= 15 is 0 Å². The molecule has 3 nitrogen and oxygen atoms in total. The molecule has 0 amide bonds. The van der Waals surface area contributed by atoms with Crippen molar-refractivity contribution >= 4 is 5.78 Å². The Balaban J connectivity index is 2.11. The molecule has 1 aliphatic heterocycles. The second-order valence-electron chi connectivity index (χ2n) is 4.54. The van der Waals surface area contributed by atoms with Crippen molar-refractivity contribution in [1.29, 1.82) is 0 Å². The number of ether oxygens (including phenoxy) is 1. The molecule has 1 saturated heterocycles. The molecular formula is C13H15NO2. The summed E-state index contributed by atoms with van der Waals surface area (Å²) in [6, 6.07) is 9.16. The molecule has 3 heteroatoms. The molecule has 16 heavy (non-hydrogen) atoms. The highest BCUT2D eigenvalue weighted by Crippen LogP contribution is 2.16. The third-order valence-corrected chi connectivity index (χ3v) is 2.37. The number of hydrogen-bond donors (Lipinski definition) is 1. The number of benzene rings is 1. The quantitative estimate of drug-likeness (QED) is 0.609. The summed E-state index contributed by atoms with van der Waals surface area (Å²) < 4.78 is 5.39. The van der Waals surface area contributed by atoms with E-state index in [1.54, 1.807) is 12.1 Å². The van der Waals surface area contributed by atoms with E-state index in [0.29, 0.717) is 18.1 Å². The van der Waals surface area contributed by atoms with Crippen LogP contribution < -0.4 is 5.32 Å². The van der Waals surface area contributed by atoms with Crippen LogP contribution in [0.4, 0.5) is 0 Å². The zero-order valence-corrected chi connectivity index (χ0v) is 9.49. The molecule has 0 aliphatic carbocycles. The molecule has 84 valence electrons. The van der Waals surface area contributed by atoms with Crippen molar-refractivity contribution in [2.24, 2.45) is 0 Å². The summed E-state index contributed by atoms with van der Waals surface area (Å²) in [5.74, 6) is 0.514. The number of carbonyl (C=O) groups is 1. The monoisotopic (exact) mass is 217 g/mol. The Morgan fingerprint density at radius 2 is 2.06 bits per heavy atom. The van der Waals surface area contributed by atoms with Gasteiger partial charge in [-0.15, -0.1) is 0 Å². The maximum absolute atomic E-state index is 11.8. The smallest absolute Gasteiger partial charge is 0.191 e. The summed E-state index contributed by atoms with van der Waals surface area (Å²) in [5.41, 5.74) is 0.577. The van der Waals surface area contributed by atoms with Crippen molar-refractivity contribution in [2.45, 2.75) is 19.4 Å². The largest absolute Gasteiger partial charge is 0.477 e. The molecule has 1 aromatic rings. The summed E-state index contributed by atoms with van der Waals surface area (Å²) in [6.45, 7) is 4.64. The standard InChI is InChI=1S/C13H15NO2/c1-13(2)9-16-12(14-13)8-11(15)10-6-4-3-5-7-10/h3-8,14H,9H2,1-2H3/b12-8+. The second kappa shape index (κ2) is 4.00. The molecule has 0 bridgehead atoms. The first-order valence-electron chi connectivity index (χ1n) is 5.29. The van der Waals surface area contributed by atoms with Crippen LogP contribution in [0.1, 0.15) is 24.2 Å². The van der Waals surface area contributed by atoms with Crippen LogP contribution >= 0.6 is 0 Å². The predicted molar refractivity (Wildman–Crippen MR) is 62.0 cm³/mol. The summed E-state index contributed by atoms with van der Waals surface area (Å²) in [5, 5.41) is 3.15. The molecule has 1 heterocycles. The number of ketones is 1. The van der Waals surface area contributed by atoms with Crippen LogP contribution in [0.5, 0.6) is 0 Å². The zero-order valence-electron chi connectivity index (χ0n) is 9.49. The average Bonchev–Trinajstić information content (AvgIpc) is 2.59. The lowest BCUT2D eigenvalue weighted by Crippen LogP contribution is -2.34. The van der Waals surface area contributed by atoms with Gasteiger partial charge in [0.05, 0.1) is 5.54 Å². The summed E-state index contributed by atoms with van der Waals surface area (Å²) >= 11 is 0. The fraction of sp³-hybridized carbons (Fsp3) is 0.308. The summed E-state index contributed by atoms with van der Waals surface area (Å²) in [7, 11) is 0. The van der Waals surface area contributed by atoms with Crippen molar-refractivity contribution in [1.82, 2.24) is 5.32 Å². The topological polar surface area (TPSA) is 38.3 Å². The zero-order chi connectivity index (χ0) is 11.6. The van der Waals surface area contributed by atoms with E-state index in [9.17, 15) is 4.79 Å². The van der Waals surface area contributed by atoms with Crippen LogP contribution in [0.3, 0.4) is 0 Å². The van der Waals surface area contributed by atoms with E-state index in [-0.39, 0.29) is 11.3 Å². The Labute approximate surface area is 95.1 Å². The van der Waals surface area contributed by atoms with Gasteiger partial charge >= 0.3 is 0 Å². The van der Waals surface area contributed by atoms with Gasteiger partial charge < -0.3 is 10.1 Å². The molecule has 1 aliphatic rings. The Bertz CT molecular complexity index is 421. The van der Waals surface area contributed by atoms with E-state index in [1.807, 2.05) is 32.0 Å². The van der Waals surface area contributed by atoms with Gasteiger partial charge in [-0.3, -0.25) is 4.79 Å². The minimum absolute atomic E-state index is 0.0409. The van der Waals surface area contributed by atoms with E-state index in [0.717, 1.165) is 0 Å². The Hall–Kier alpha value is -1.77. The first-order chi connectivity index (χ1) is 7.57. The van der Waals surface area contributed by atoms with Gasteiger partial charge in [0.25, 0.3) is 0 Å². The van der Waals surface area contributed by atoms with Crippen molar-refractivity contribution in [3.63, 3.8) is 0 Å². The van der Waals surface area contributed by atoms with Gasteiger partial charge in [0.2, 0.25) is 0 Å². The highest BCUT2D eigenvalue weighted by molar-refractivity contribution is 6.04. The lowest BCUT2D eigenvalue weighted by molar-refractivity contribution is 0.104. The highest BCUT2D eigenvalue weighted by atomic mass is 16.5. The van der Waals surface area contributed by atoms with Crippen LogP contribution in [0.15, 0.2) is 42.3 Å². The van der Waals surface area contributed by atoms with E-state index in [4.69, 9.17) is 4.74 Å². The second-order valence-corrected chi connectivity index (χ2v) is 4.54. The first kappa shape index (κ1) is 10.7. The van der Waals surface area contributed by atoms with Crippen LogP contribution in [-0.4, -0.2) is 17.9 Å². The van der Waals surface area contributed by atoms with Crippen LogP contribution in [0, 0.1) is 0 Å². The molecule has 0 saturated carbocycles. The molecule has 1 fully saturated rings. The van der Waals surface area contributed by atoms with E-state index in [1.165, 1.54) is 6.08 Å². The average molecular weight is 217 g/mol. The van der Waals surface area contributed by atoms with Crippen molar-refractivity contribution in [2.75, 3.05) is 6.61 Å². The fourth-order valence-electron chi connectivity index (χ4n) is 1.55. The van der Waals surface area contributed by atoms with Gasteiger partial charge in [-0.05, 0) is 13.8 Å². The Kier molecular flexibility index (Phi) is 2.69. The number of allylic oxidation sites excluding steroid dienone is 1. The van der Waals surface area contributed by atoms with Crippen LogP contribution in [0.2, 0.25) is 0 Å². The van der Waals surface area contributed by atoms with Gasteiger partial charge in [0.1, 0.15) is 6.61 Å². The predicted octanol–water partition coefficient (Wildman–Crippen LogP) is 2.11. The molecule has 1 N–H and O–H groups in total. The van der Waals surface area contributed by atoms with Gasteiger partial charge in [-0.25, -0.2) is 0 Å². The number of rotatable bonds is 2. The molecule has 0 spiro atoms. The lowest BCUT2D eigenvalue weighted by atomic mass is 10.1. The summed E-state index contributed by atoms with van der Waals surface area (Å²) in [4.78, 5) is 11.8. The van der Waals surface area contributed by atoms with Crippen molar-refractivity contribution in [3.8, 4) is 0 Å². The SMILES string of the molecule is CC1(C)CO/C(=C/C(=O)c2ccccc2)N1. The van der Waals surface area contributed by atoms with E-state index in [2.05, 4.69) is 5.32 Å². The number of nitrogens with one attached hydrogen (secondary N) is 1. The Morgan fingerprint density at radius 3 is 2.62 bits per heavy atom. The maximum atomic E-state index is 11.8. The Morgan fingerprint density at radius 1 is 1.38 bits per heavy atom. The van der Waals surface area contributed by atoms with Gasteiger partial charge in [0, 0.05) is 11.6 Å². The minimum atomic E-state index is -0.0944. The third kappa shape index (κ3) is 2.42. The molecule has 1 aromatic carbocycles. The number of carbonyl (C=O) groups excluding carboxylic acids is 1. The minimum Gasteiger partial charge on any atom is -0.477 e. The fourth-order valence-corrected chi connectivity index (χ4v) is 1.55. The van der Waals surface area contributed by atoms with Crippen LogP contribution in [0.25, 0.3) is 0 Å². The third-order valence-electron chi connectivity index (χ3n) is 2.37. The summed E-state index contributed by atoms with van der Waals surface area (Å²) in [6.07, 6.45) is 1.50.